The van der Waals surface area contributed by atoms with Crippen LogP contribution < -0.4 is 15.6 Å². The Balaban J connectivity index is 1.99. The third-order valence-corrected chi connectivity index (χ3v) is 3.54. The van der Waals surface area contributed by atoms with E-state index in [1.807, 2.05) is 19.9 Å². The molecule has 1 aliphatic rings. The summed E-state index contributed by atoms with van der Waals surface area (Å²) >= 11 is 0. The van der Waals surface area contributed by atoms with E-state index < -0.39 is 0 Å². The number of aryl methyl sites for hydroxylation is 1. The van der Waals surface area contributed by atoms with Gasteiger partial charge in [0, 0.05) is 38.3 Å². The van der Waals surface area contributed by atoms with Gasteiger partial charge in [-0.2, -0.15) is 0 Å². The van der Waals surface area contributed by atoms with Gasteiger partial charge in [0.05, 0.1) is 6.54 Å². The monoisotopic (exact) mass is 279 g/mol. The van der Waals surface area contributed by atoms with Crippen molar-refractivity contribution >= 4 is 6.03 Å². The fraction of sp³-hybridized carbons (Fsp3) is 0.571. The molecule has 0 aromatic carbocycles. The second kappa shape index (κ2) is 5.98. The normalized spacial score (nSPS) is 18.1. The van der Waals surface area contributed by atoms with E-state index in [1.54, 1.807) is 16.5 Å². The van der Waals surface area contributed by atoms with E-state index in [9.17, 15) is 9.59 Å². The maximum absolute atomic E-state index is 11.7. The van der Waals surface area contributed by atoms with E-state index in [0.717, 1.165) is 12.1 Å². The van der Waals surface area contributed by atoms with Crippen molar-refractivity contribution in [2.24, 2.45) is 7.05 Å². The summed E-state index contributed by atoms with van der Waals surface area (Å²) in [5, 5.41) is 2.78. The Morgan fingerprint density at radius 1 is 1.50 bits per heavy atom. The molecule has 1 aromatic rings. The molecule has 6 nitrogen and oxygen atoms in total. The number of amides is 2. The Kier molecular flexibility index (Phi) is 4.32. The molecule has 6 heteroatoms. The van der Waals surface area contributed by atoms with Crippen LogP contribution >= 0.6 is 0 Å². The topological polar surface area (TPSA) is 63.6 Å². The molecule has 2 amide bonds. The number of urea groups is 1. The molecule has 1 unspecified atom stereocenters. The van der Waals surface area contributed by atoms with E-state index in [0.29, 0.717) is 25.4 Å². The van der Waals surface area contributed by atoms with Crippen molar-refractivity contribution in [3.63, 3.8) is 0 Å². The lowest BCUT2D eigenvalue weighted by Crippen LogP contribution is -2.39. The number of nitrogens with one attached hydrogen (secondary N) is 1. The summed E-state index contributed by atoms with van der Waals surface area (Å²) in [7, 11) is 1.73. The summed E-state index contributed by atoms with van der Waals surface area (Å²) in [4.78, 5) is 25.1. The highest BCUT2D eigenvalue weighted by atomic mass is 16.5. The van der Waals surface area contributed by atoms with Crippen LogP contribution in [-0.2, 0) is 7.05 Å². The van der Waals surface area contributed by atoms with Gasteiger partial charge in [-0.3, -0.25) is 4.79 Å². The summed E-state index contributed by atoms with van der Waals surface area (Å²) in [6, 6.07) is 3.27. The molecule has 110 valence electrons. The van der Waals surface area contributed by atoms with Gasteiger partial charge in [0.25, 0.3) is 5.56 Å². The number of rotatable bonds is 3. The van der Waals surface area contributed by atoms with Crippen molar-refractivity contribution in [1.29, 1.82) is 0 Å². The van der Waals surface area contributed by atoms with Gasteiger partial charge in [0.15, 0.2) is 0 Å². The number of aromatic nitrogens is 1. The molecule has 1 aromatic heterocycles. The number of ether oxygens (including phenoxy) is 1. The van der Waals surface area contributed by atoms with E-state index in [-0.39, 0.29) is 17.7 Å². The van der Waals surface area contributed by atoms with Crippen molar-refractivity contribution in [2.45, 2.75) is 26.4 Å². The minimum atomic E-state index is -0.0846. The van der Waals surface area contributed by atoms with Gasteiger partial charge in [0.1, 0.15) is 11.9 Å². The number of pyridine rings is 1. The number of carbonyl (C=O) groups is 1. The first-order valence-electron chi connectivity index (χ1n) is 6.88. The standard InChI is InChI=1S/C14H21N3O3/c1-4-15-14(19)17-6-5-11(9-17)20-12-7-10(2)16(3)13(18)8-12/h7-8,11H,4-6,9H2,1-3H3,(H,15,19). The predicted octanol–water partition coefficient (Wildman–Crippen LogP) is 0.876. The molecule has 2 heterocycles. The minimum absolute atomic E-state index is 0.0517. The van der Waals surface area contributed by atoms with Gasteiger partial charge in [-0.15, -0.1) is 0 Å². The van der Waals surface area contributed by atoms with Crippen LogP contribution in [0.4, 0.5) is 4.79 Å². The zero-order chi connectivity index (χ0) is 14.7. The van der Waals surface area contributed by atoms with Crippen LogP contribution in [0.1, 0.15) is 19.0 Å². The second-order valence-electron chi connectivity index (χ2n) is 5.04. The molecule has 0 aliphatic carbocycles. The maximum Gasteiger partial charge on any atom is 0.317 e. The van der Waals surface area contributed by atoms with Crippen molar-refractivity contribution < 1.29 is 9.53 Å². The molecule has 0 spiro atoms. The first-order valence-corrected chi connectivity index (χ1v) is 6.88. The molecule has 0 radical (unpaired) electrons. The number of likely N-dealkylation sites (tertiary alicyclic amines) is 1. The van der Waals surface area contributed by atoms with Gasteiger partial charge in [0.2, 0.25) is 0 Å². The molecule has 1 saturated heterocycles. The van der Waals surface area contributed by atoms with Crippen LogP contribution in [-0.4, -0.2) is 41.2 Å². The fourth-order valence-electron chi connectivity index (χ4n) is 2.27. The molecular weight excluding hydrogens is 258 g/mol. The SMILES string of the molecule is CCNC(=O)N1CCC(Oc2cc(C)n(C)c(=O)c2)C1. The highest BCUT2D eigenvalue weighted by Gasteiger charge is 2.27. The van der Waals surface area contributed by atoms with E-state index in [1.165, 1.54) is 6.07 Å². The van der Waals surface area contributed by atoms with Gasteiger partial charge in [-0.05, 0) is 19.9 Å². The highest BCUT2D eigenvalue weighted by molar-refractivity contribution is 5.74. The van der Waals surface area contributed by atoms with Crippen LogP contribution in [0.5, 0.6) is 5.75 Å². The van der Waals surface area contributed by atoms with E-state index >= 15 is 0 Å². The van der Waals surface area contributed by atoms with Crippen molar-refractivity contribution in [3.05, 3.63) is 28.2 Å². The lowest BCUT2D eigenvalue weighted by molar-refractivity contribution is 0.187. The smallest absolute Gasteiger partial charge is 0.317 e. The molecular formula is C14H21N3O3. The first kappa shape index (κ1) is 14.4. The van der Waals surface area contributed by atoms with Crippen LogP contribution in [0.25, 0.3) is 0 Å². The van der Waals surface area contributed by atoms with Gasteiger partial charge < -0.3 is 19.5 Å². The highest BCUT2D eigenvalue weighted by Crippen LogP contribution is 2.18. The number of carbonyl (C=O) groups excluding carboxylic acids is 1. The minimum Gasteiger partial charge on any atom is -0.488 e. The van der Waals surface area contributed by atoms with Crippen molar-refractivity contribution in [2.75, 3.05) is 19.6 Å². The molecule has 2 rings (SSSR count). The number of nitrogens with zero attached hydrogens (tertiary/aromatic N) is 2. The van der Waals surface area contributed by atoms with Crippen molar-refractivity contribution in [3.8, 4) is 5.75 Å². The number of hydrogen-bond donors (Lipinski definition) is 1. The molecule has 0 saturated carbocycles. The van der Waals surface area contributed by atoms with E-state index in [2.05, 4.69) is 5.32 Å². The summed E-state index contributed by atoms with van der Waals surface area (Å²) in [6.07, 6.45) is 0.731. The maximum atomic E-state index is 11.7. The average Bonchev–Trinajstić information content (AvgIpc) is 2.85. The molecule has 1 N–H and O–H groups in total. The van der Waals surface area contributed by atoms with Gasteiger partial charge in [-0.25, -0.2) is 4.79 Å². The third-order valence-electron chi connectivity index (χ3n) is 3.54. The summed E-state index contributed by atoms with van der Waals surface area (Å²) in [5.41, 5.74) is 0.768. The van der Waals surface area contributed by atoms with Crippen LogP contribution in [0.3, 0.4) is 0 Å². The Labute approximate surface area is 118 Å². The predicted molar refractivity (Wildman–Crippen MR) is 76.1 cm³/mol. The summed E-state index contributed by atoms with van der Waals surface area (Å²) in [5.74, 6) is 0.577. The summed E-state index contributed by atoms with van der Waals surface area (Å²) < 4.78 is 7.39. The Bertz CT molecular complexity index is 553. The van der Waals surface area contributed by atoms with Crippen LogP contribution in [0, 0.1) is 6.92 Å². The zero-order valence-corrected chi connectivity index (χ0v) is 12.2. The molecule has 20 heavy (non-hydrogen) atoms. The Morgan fingerprint density at radius 2 is 2.25 bits per heavy atom. The lowest BCUT2D eigenvalue weighted by atomic mass is 10.3. The summed E-state index contributed by atoms with van der Waals surface area (Å²) in [6.45, 7) is 5.61. The quantitative estimate of drug-likeness (QED) is 0.893. The molecule has 1 fully saturated rings. The van der Waals surface area contributed by atoms with Gasteiger partial charge >= 0.3 is 6.03 Å². The first-order chi connectivity index (χ1) is 9.51. The average molecular weight is 279 g/mol. The van der Waals surface area contributed by atoms with Crippen LogP contribution in [0.15, 0.2) is 16.9 Å². The van der Waals surface area contributed by atoms with E-state index in [4.69, 9.17) is 4.74 Å². The third kappa shape index (κ3) is 3.12. The molecule has 0 bridgehead atoms. The second-order valence-corrected chi connectivity index (χ2v) is 5.04. The fourth-order valence-corrected chi connectivity index (χ4v) is 2.27. The lowest BCUT2D eigenvalue weighted by Gasteiger charge is -2.17. The van der Waals surface area contributed by atoms with Gasteiger partial charge in [-0.1, -0.05) is 0 Å². The molecule has 1 aliphatic heterocycles. The number of hydrogen-bond acceptors (Lipinski definition) is 3. The molecule has 1 atom stereocenters. The van der Waals surface area contributed by atoms with Crippen molar-refractivity contribution in [1.82, 2.24) is 14.8 Å². The Morgan fingerprint density at radius 3 is 2.90 bits per heavy atom. The zero-order valence-electron chi connectivity index (χ0n) is 12.2. The largest absolute Gasteiger partial charge is 0.488 e. The Hall–Kier alpha value is -1.98. The van der Waals surface area contributed by atoms with Crippen LogP contribution in [0.2, 0.25) is 0 Å².